The summed E-state index contributed by atoms with van der Waals surface area (Å²) in [4.78, 5) is 0. The molecule has 0 aliphatic heterocycles. The van der Waals surface area contributed by atoms with Crippen molar-refractivity contribution in [1.82, 2.24) is 0 Å². The Morgan fingerprint density at radius 1 is 0.618 bits per heavy atom. The highest BCUT2D eigenvalue weighted by Crippen LogP contribution is 2.40. The quantitative estimate of drug-likeness (QED) is 0.355. The number of benzene rings is 2. The van der Waals surface area contributed by atoms with Gasteiger partial charge in [0.25, 0.3) is 8.32 Å². The maximum Gasteiger partial charge on any atom is 0.261 e. The monoisotopic (exact) mass is 496 g/mol. The van der Waals surface area contributed by atoms with Gasteiger partial charge in [-0.05, 0) is 71.1 Å². The highest BCUT2D eigenvalue weighted by Gasteiger charge is 2.50. The summed E-state index contributed by atoms with van der Waals surface area (Å²) in [7, 11) is -4.09. The molecule has 0 unspecified atom stereocenters. The van der Waals surface area contributed by atoms with Crippen molar-refractivity contribution >= 4 is 27.0 Å². The third kappa shape index (κ3) is 6.13. The third-order valence-electron chi connectivity index (χ3n) is 8.40. The van der Waals surface area contributed by atoms with Crippen molar-refractivity contribution in [1.29, 1.82) is 0 Å². The SMILES string of the molecule is CC(C)(C)[Si](C)(C)OCC1CCC(CO[Si](c2ccccc2)(c2ccccc2)C(C)(C)C)CC1. The fourth-order valence-corrected chi connectivity index (χ4v) is 10.8. The van der Waals surface area contributed by atoms with Gasteiger partial charge in [0.2, 0.25) is 0 Å². The van der Waals surface area contributed by atoms with Gasteiger partial charge in [-0.25, -0.2) is 0 Å². The molecule has 2 aromatic rings. The van der Waals surface area contributed by atoms with E-state index in [2.05, 4.69) is 115 Å². The molecule has 0 N–H and O–H groups in total. The van der Waals surface area contributed by atoms with Gasteiger partial charge in [-0.3, -0.25) is 0 Å². The summed E-state index contributed by atoms with van der Waals surface area (Å²) >= 11 is 0. The number of hydrogen-bond acceptors (Lipinski definition) is 2. The maximum absolute atomic E-state index is 7.21. The molecule has 0 aromatic heterocycles. The van der Waals surface area contributed by atoms with Crippen LogP contribution in [0.2, 0.25) is 23.2 Å². The van der Waals surface area contributed by atoms with Crippen molar-refractivity contribution in [3.8, 4) is 0 Å². The average Bonchev–Trinajstić information content (AvgIpc) is 2.79. The lowest BCUT2D eigenvalue weighted by Crippen LogP contribution is -2.67. The fraction of sp³-hybridized carbons (Fsp3) is 0.600. The summed E-state index contributed by atoms with van der Waals surface area (Å²) in [6.07, 6.45) is 5.04. The van der Waals surface area contributed by atoms with E-state index < -0.39 is 16.6 Å². The fourth-order valence-electron chi connectivity index (χ4n) is 5.11. The predicted molar refractivity (Wildman–Crippen MR) is 152 cm³/mol. The molecule has 0 radical (unpaired) electrons. The van der Waals surface area contributed by atoms with Crippen LogP contribution >= 0.6 is 0 Å². The van der Waals surface area contributed by atoms with E-state index in [1.165, 1.54) is 36.1 Å². The van der Waals surface area contributed by atoms with E-state index in [1.807, 2.05) is 0 Å². The molecular weight excluding hydrogens is 449 g/mol. The summed E-state index contributed by atoms with van der Waals surface area (Å²) in [5.74, 6) is 1.35. The molecule has 2 nitrogen and oxygen atoms in total. The van der Waals surface area contributed by atoms with E-state index in [0.717, 1.165) is 13.2 Å². The standard InChI is InChI=1S/C30H48O2Si2/c1-29(2,3)33(7,8)31-23-25-19-21-26(22-20-25)24-32-34(30(4,5)6,27-15-11-9-12-16-27)28-17-13-10-14-18-28/h9-18,25-26H,19-24H2,1-8H3. The van der Waals surface area contributed by atoms with Crippen LogP contribution < -0.4 is 10.4 Å². The van der Waals surface area contributed by atoms with Gasteiger partial charge in [0.05, 0.1) is 0 Å². The molecule has 1 fully saturated rings. The molecule has 1 saturated carbocycles. The molecule has 0 amide bonds. The largest absolute Gasteiger partial charge is 0.417 e. The second-order valence-corrected chi connectivity index (χ2v) is 22.0. The molecule has 3 rings (SSSR count). The second-order valence-electron chi connectivity index (χ2n) is 12.9. The van der Waals surface area contributed by atoms with Gasteiger partial charge in [-0.1, -0.05) is 102 Å². The molecule has 0 atom stereocenters. The van der Waals surface area contributed by atoms with E-state index >= 15 is 0 Å². The highest BCUT2D eigenvalue weighted by molar-refractivity contribution is 6.99. The summed E-state index contributed by atoms with van der Waals surface area (Å²) in [5.41, 5.74) is 0. The zero-order chi connectivity index (χ0) is 25.0. The molecule has 1 aliphatic rings. The minimum Gasteiger partial charge on any atom is -0.417 e. The van der Waals surface area contributed by atoms with Crippen molar-refractivity contribution in [3.63, 3.8) is 0 Å². The Hall–Kier alpha value is -1.21. The third-order valence-corrected chi connectivity index (χ3v) is 17.9. The van der Waals surface area contributed by atoms with Crippen LogP contribution in [0.1, 0.15) is 67.2 Å². The molecule has 4 heteroatoms. The van der Waals surface area contributed by atoms with Crippen LogP contribution in [-0.4, -0.2) is 29.8 Å². The van der Waals surface area contributed by atoms with Crippen molar-refractivity contribution in [2.24, 2.45) is 11.8 Å². The van der Waals surface area contributed by atoms with Gasteiger partial charge in [0.15, 0.2) is 8.32 Å². The van der Waals surface area contributed by atoms with E-state index in [0.29, 0.717) is 11.8 Å². The lowest BCUT2D eigenvalue weighted by atomic mass is 9.83. The van der Waals surface area contributed by atoms with Crippen LogP contribution in [0.15, 0.2) is 60.7 Å². The Balaban J connectivity index is 1.70. The molecule has 0 saturated heterocycles. The first kappa shape index (κ1) is 27.4. The topological polar surface area (TPSA) is 18.5 Å². The molecule has 188 valence electrons. The lowest BCUT2D eigenvalue weighted by molar-refractivity contribution is 0.138. The first-order chi connectivity index (χ1) is 15.9. The van der Waals surface area contributed by atoms with Crippen LogP contribution in [-0.2, 0) is 8.85 Å². The molecule has 0 bridgehead atoms. The van der Waals surface area contributed by atoms with E-state index in [9.17, 15) is 0 Å². The average molecular weight is 497 g/mol. The van der Waals surface area contributed by atoms with Crippen molar-refractivity contribution < 1.29 is 8.85 Å². The van der Waals surface area contributed by atoms with Crippen LogP contribution in [0.4, 0.5) is 0 Å². The van der Waals surface area contributed by atoms with Crippen molar-refractivity contribution in [3.05, 3.63) is 60.7 Å². The molecular formula is C30H48O2Si2. The van der Waals surface area contributed by atoms with E-state index in [4.69, 9.17) is 8.85 Å². The Morgan fingerprint density at radius 2 is 1.00 bits per heavy atom. The van der Waals surface area contributed by atoms with Gasteiger partial charge < -0.3 is 8.85 Å². The first-order valence-electron chi connectivity index (χ1n) is 13.3. The van der Waals surface area contributed by atoms with Gasteiger partial charge in [0.1, 0.15) is 0 Å². The van der Waals surface area contributed by atoms with Gasteiger partial charge in [-0.2, -0.15) is 0 Å². The van der Waals surface area contributed by atoms with Crippen LogP contribution in [0, 0.1) is 11.8 Å². The Labute approximate surface area is 211 Å². The minimum absolute atomic E-state index is 0.0456. The highest BCUT2D eigenvalue weighted by atomic mass is 28.4. The Kier molecular flexibility index (Phi) is 8.71. The summed E-state index contributed by atoms with van der Waals surface area (Å²) in [5, 5.41) is 3.09. The van der Waals surface area contributed by atoms with E-state index in [1.54, 1.807) is 0 Å². The van der Waals surface area contributed by atoms with Gasteiger partial charge in [-0.15, -0.1) is 0 Å². The van der Waals surface area contributed by atoms with E-state index in [-0.39, 0.29) is 10.1 Å². The molecule has 0 heterocycles. The van der Waals surface area contributed by atoms with Crippen molar-refractivity contribution in [2.75, 3.05) is 13.2 Å². The summed E-state index contributed by atoms with van der Waals surface area (Å²) < 4.78 is 13.8. The maximum atomic E-state index is 7.21. The molecule has 1 aliphatic carbocycles. The molecule has 34 heavy (non-hydrogen) atoms. The zero-order valence-electron chi connectivity index (χ0n) is 23.0. The zero-order valence-corrected chi connectivity index (χ0v) is 25.0. The van der Waals surface area contributed by atoms with Crippen molar-refractivity contribution in [2.45, 2.75) is 90.4 Å². The first-order valence-corrected chi connectivity index (χ1v) is 18.1. The smallest absolute Gasteiger partial charge is 0.261 e. The Bertz CT molecular complexity index is 834. The predicted octanol–water partition coefficient (Wildman–Crippen LogP) is 7.39. The van der Waals surface area contributed by atoms with Gasteiger partial charge in [0, 0.05) is 13.2 Å². The molecule has 0 spiro atoms. The molecule has 2 aromatic carbocycles. The number of rotatable bonds is 8. The minimum atomic E-state index is -2.43. The summed E-state index contributed by atoms with van der Waals surface area (Å²) in [6.45, 7) is 20.7. The van der Waals surface area contributed by atoms with Crippen LogP contribution in [0.5, 0.6) is 0 Å². The Morgan fingerprint density at radius 3 is 1.35 bits per heavy atom. The second kappa shape index (κ2) is 10.8. The van der Waals surface area contributed by atoms with Crippen LogP contribution in [0.3, 0.4) is 0 Å². The van der Waals surface area contributed by atoms with Gasteiger partial charge >= 0.3 is 0 Å². The summed E-state index contributed by atoms with van der Waals surface area (Å²) in [6, 6.07) is 22.1. The lowest BCUT2D eigenvalue weighted by Gasteiger charge is -2.44. The normalized spacial score (nSPS) is 20.4. The van der Waals surface area contributed by atoms with Crippen LogP contribution in [0.25, 0.3) is 0 Å². The number of hydrogen-bond donors (Lipinski definition) is 0.